The molecule has 1 aliphatic rings. The first-order chi connectivity index (χ1) is 13.3. The number of phenols is 1. The highest BCUT2D eigenvalue weighted by Gasteiger charge is 2.55. The normalized spacial score (nSPS) is 20.1. The van der Waals surface area contributed by atoms with Gasteiger partial charge in [-0.2, -0.15) is 0 Å². The summed E-state index contributed by atoms with van der Waals surface area (Å²) in [7, 11) is 0. The molecule has 3 rings (SSSR count). The molecule has 1 heterocycles. The zero-order chi connectivity index (χ0) is 21.8. The Morgan fingerprint density at radius 3 is 1.76 bits per heavy atom. The fourth-order valence-electron chi connectivity index (χ4n) is 3.83. The number of phenolic OH excluding ortho intramolecular Hbond substituents is 1. The Labute approximate surface area is 171 Å². The number of nitrogens with one attached hydrogen (secondary N) is 1. The van der Waals surface area contributed by atoms with Crippen molar-refractivity contribution in [2.45, 2.75) is 52.4 Å². The van der Waals surface area contributed by atoms with Crippen LogP contribution in [0, 0.1) is 0 Å². The van der Waals surface area contributed by atoms with Crippen LogP contribution in [0.3, 0.4) is 0 Å². The number of urea groups is 1. The van der Waals surface area contributed by atoms with Crippen LogP contribution in [0.5, 0.6) is 5.75 Å². The average molecular weight is 397 g/mol. The quantitative estimate of drug-likeness (QED) is 0.397. The standard InChI is InChI=1S/C23H29N3O3/c1-22(2,3)17-11-16(12-18(20(17)28)23(4,5)6)26(19(27)13-25-21(26)29)15-9-7-14(24)8-10-15/h7-12H,13,24H2,1-6H3,(H-,25,28,29)/p+1. The molecule has 154 valence electrons. The van der Waals surface area contributed by atoms with Gasteiger partial charge in [0.2, 0.25) is 0 Å². The van der Waals surface area contributed by atoms with Gasteiger partial charge in [-0.15, -0.1) is 4.48 Å². The van der Waals surface area contributed by atoms with Crippen LogP contribution >= 0.6 is 0 Å². The summed E-state index contributed by atoms with van der Waals surface area (Å²) in [6.45, 7) is 11.9. The number of carbonyl (C=O) groups excluding carboxylic acids is 2. The van der Waals surface area contributed by atoms with Gasteiger partial charge in [0.1, 0.15) is 12.3 Å². The third-order valence-electron chi connectivity index (χ3n) is 5.45. The Morgan fingerprint density at radius 2 is 1.38 bits per heavy atom. The minimum Gasteiger partial charge on any atom is -0.507 e. The number of hydrogen-bond acceptors (Lipinski definition) is 4. The van der Waals surface area contributed by atoms with Crippen LogP contribution in [0.1, 0.15) is 52.7 Å². The number of quaternary nitrogens is 1. The van der Waals surface area contributed by atoms with E-state index in [1.807, 2.05) is 41.5 Å². The fraction of sp³-hybridized carbons (Fsp3) is 0.391. The zero-order valence-corrected chi connectivity index (χ0v) is 18.0. The molecule has 6 nitrogen and oxygen atoms in total. The van der Waals surface area contributed by atoms with Crippen molar-refractivity contribution in [3.05, 3.63) is 47.5 Å². The summed E-state index contributed by atoms with van der Waals surface area (Å²) in [5.74, 6) is -0.0681. The largest absolute Gasteiger partial charge is 0.507 e. The van der Waals surface area contributed by atoms with Crippen molar-refractivity contribution in [1.29, 1.82) is 0 Å². The molecule has 6 heteroatoms. The number of benzene rings is 2. The Hall–Kier alpha value is -2.86. The molecule has 0 aromatic heterocycles. The summed E-state index contributed by atoms with van der Waals surface area (Å²) >= 11 is 0. The van der Waals surface area contributed by atoms with Crippen LogP contribution in [-0.4, -0.2) is 23.6 Å². The predicted molar refractivity (Wildman–Crippen MR) is 116 cm³/mol. The molecular weight excluding hydrogens is 366 g/mol. The topological polar surface area (TPSA) is 92.4 Å². The predicted octanol–water partition coefficient (Wildman–Crippen LogP) is 4.46. The van der Waals surface area contributed by atoms with Crippen LogP contribution in [0.15, 0.2) is 36.4 Å². The molecule has 1 fully saturated rings. The summed E-state index contributed by atoms with van der Waals surface area (Å²) in [4.78, 5) is 26.3. The van der Waals surface area contributed by atoms with Crippen molar-refractivity contribution >= 4 is 29.0 Å². The van der Waals surface area contributed by atoms with Gasteiger partial charge in [-0.3, -0.25) is 5.32 Å². The summed E-state index contributed by atoms with van der Waals surface area (Å²) in [5.41, 5.74) is 8.04. The van der Waals surface area contributed by atoms with E-state index in [4.69, 9.17) is 5.73 Å². The molecule has 3 amide bonds. The number of anilines is 1. The monoisotopic (exact) mass is 396 g/mol. The van der Waals surface area contributed by atoms with Crippen molar-refractivity contribution < 1.29 is 14.7 Å². The summed E-state index contributed by atoms with van der Waals surface area (Å²) in [6, 6.07) is 9.93. The number of carbonyl (C=O) groups is 2. The smallest absolute Gasteiger partial charge is 0.435 e. The molecule has 0 aliphatic carbocycles. The maximum atomic E-state index is 13.2. The second-order valence-corrected chi connectivity index (χ2v) is 9.70. The Morgan fingerprint density at radius 1 is 0.897 bits per heavy atom. The lowest BCUT2D eigenvalue weighted by molar-refractivity contribution is -0.122. The maximum absolute atomic E-state index is 13.2. The molecule has 29 heavy (non-hydrogen) atoms. The van der Waals surface area contributed by atoms with Gasteiger partial charge in [0.15, 0.2) is 11.4 Å². The van der Waals surface area contributed by atoms with E-state index in [1.54, 1.807) is 36.4 Å². The van der Waals surface area contributed by atoms with Gasteiger partial charge >= 0.3 is 11.9 Å². The van der Waals surface area contributed by atoms with Gasteiger partial charge in [0.25, 0.3) is 0 Å². The van der Waals surface area contributed by atoms with Gasteiger partial charge in [0.05, 0.1) is 0 Å². The van der Waals surface area contributed by atoms with E-state index in [9.17, 15) is 14.7 Å². The molecule has 4 N–H and O–H groups in total. The Kier molecular flexibility index (Phi) is 4.74. The molecule has 0 radical (unpaired) electrons. The van der Waals surface area contributed by atoms with E-state index in [1.165, 1.54) is 0 Å². The first-order valence-corrected chi connectivity index (χ1v) is 9.75. The van der Waals surface area contributed by atoms with Crippen molar-refractivity contribution in [2.75, 3.05) is 12.3 Å². The van der Waals surface area contributed by atoms with E-state index < -0.39 is 10.5 Å². The van der Waals surface area contributed by atoms with Crippen LogP contribution in [0.25, 0.3) is 0 Å². The highest BCUT2D eigenvalue weighted by Crippen LogP contribution is 2.46. The third-order valence-corrected chi connectivity index (χ3v) is 5.45. The van der Waals surface area contributed by atoms with Gasteiger partial charge in [-0.1, -0.05) is 41.5 Å². The van der Waals surface area contributed by atoms with E-state index in [2.05, 4.69) is 5.32 Å². The Balaban J connectivity index is 2.43. The molecule has 1 unspecified atom stereocenters. The highest BCUT2D eigenvalue weighted by molar-refractivity contribution is 6.19. The first kappa shape index (κ1) is 20.9. The minimum atomic E-state index is -0.577. The van der Waals surface area contributed by atoms with Crippen LogP contribution in [0.4, 0.5) is 21.9 Å². The van der Waals surface area contributed by atoms with Crippen molar-refractivity contribution in [1.82, 2.24) is 9.80 Å². The molecular formula is C23H30N3O3+. The van der Waals surface area contributed by atoms with Gasteiger partial charge in [-0.25, -0.2) is 9.59 Å². The minimum absolute atomic E-state index is 0.0558. The Bertz CT molecular complexity index is 929. The van der Waals surface area contributed by atoms with Crippen molar-refractivity contribution in [2.24, 2.45) is 0 Å². The molecule has 2 aromatic rings. The number of nitrogens with two attached hydrogens (primary N) is 1. The number of aromatic hydroxyl groups is 1. The fourth-order valence-corrected chi connectivity index (χ4v) is 3.83. The lowest BCUT2D eigenvalue weighted by Crippen LogP contribution is -2.50. The number of hydrogen-bond donors (Lipinski definition) is 3. The van der Waals surface area contributed by atoms with E-state index >= 15 is 0 Å². The van der Waals surface area contributed by atoms with E-state index in [-0.39, 0.29) is 29.0 Å². The van der Waals surface area contributed by atoms with Crippen molar-refractivity contribution in [3.63, 3.8) is 0 Å². The van der Waals surface area contributed by atoms with Crippen LogP contribution in [-0.2, 0) is 15.6 Å². The molecule has 0 saturated carbocycles. The average Bonchev–Trinajstić information content (AvgIpc) is 2.89. The highest BCUT2D eigenvalue weighted by atomic mass is 16.3. The second-order valence-electron chi connectivity index (χ2n) is 9.70. The lowest BCUT2D eigenvalue weighted by atomic mass is 9.79. The molecule has 1 aliphatic heterocycles. The molecule has 1 atom stereocenters. The molecule has 2 aromatic carbocycles. The second kappa shape index (κ2) is 6.59. The number of rotatable bonds is 2. The SMILES string of the molecule is CC(C)(C)c1cc([N+]2(c3ccc(N)cc3)C(=O)CNC2=O)cc(C(C)(C)C)c1O. The van der Waals surface area contributed by atoms with E-state index in [0.29, 0.717) is 28.2 Å². The van der Waals surface area contributed by atoms with Gasteiger partial charge < -0.3 is 10.8 Å². The number of nitrogen functional groups attached to an aromatic ring is 1. The first-order valence-electron chi connectivity index (χ1n) is 9.75. The van der Waals surface area contributed by atoms with Gasteiger partial charge in [0, 0.05) is 41.1 Å². The van der Waals surface area contributed by atoms with Crippen LogP contribution < -0.4 is 15.5 Å². The third kappa shape index (κ3) is 3.27. The van der Waals surface area contributed by atoms with Crippen molar-refractivity contribution in [3.8, 4) is 5.75 Å². The molecule has 0 bridgehead atoms. The summed E-state index contributed by atoms with van der Waals surface area (Å²) < 4.78 is -0.577. The molecule has 0 spiro atoms. The number of imide groups is 1. The number of amides is 3. The lowest BCUT2D eigenvalue weighted by Gasteiger charge is -2.32. The van der Waals surface area contributed by atoms with Gasteiger partial charge in [-0.05, 0) is 23.0 Å². The summed E-state index contributed by atoms with van der Waals surface area (Å²) in [6.07, 6.45) is 0. The molecule has 1 saturated heterocycles. The van der Waals surface area contributed by atoms with Crippen LogP contribution in [0.2, 0.25) is 0 Å². The number of nitrogens with zero attached hydrogens (tertiary/aromatic N) is 1. The maximum Gasteiger partial charge on any atom is 0.435 e. The summed E-state index contributed by atoms with van der Waals surface area (Å²) in [5, 5.41) is 13.7. The van der Waals surface area contributed by atoms with E-state index in [0.717, 1.165) is 0 Å². The zero-order valence-electron chi connectivity index (χ0n) is 18.0.